The van der Waals surface area contributed by atoms with Crippen LogP contribution in [0.5, 0.6) is 0 Å². The van der Waals surface area contributed by atoms with Gasteiger partial charge >= 0.3 is 0 Å². The molecular formula is C20H23IN4. The van der Waals surface area contributed by atoms with Crippen molar-refractivity contribution < 1.29 is 0 Å². The van der Waals surface area contributed by atoms with Crippen molar-refractivity contribution in [2.24, 2.45) is 4.99 Å². The van der Waals surface area contributed by atoms with Crippen LogP contribution in [0.15, 0.2) is 65.8 Å². The van der Waals surface area contributed by atoms with Gasteiger partial charge in [-0.25, -0.2) is 0 Å². The third-order valence-corrected chi connectivity index (χ3v) is 3.93. The zero-order valence-electron chi connectivity index (χ0n) is 14.5. The van der Waals surface area contributed by atoms with E-state index in [1.54, 1.807) is 7.05 Å². The number of fused-ring (bicyclic) bond motifs is 1. The maximum Gasteiger partial charge on any atom is 0.191 e. The summed E-state index contributed by atoms with van der Waals surface area (Å²) in [6.07, 6.45) is 1.83. The smallest absolute Gasteiger partial charge is 0.191 e. The lowest BCUT2D eigenvalue weighted by molar-refractivity contribution is 0.810. The molecule has 5 heteroatoms. The van der Waals surface area contributed by atoms with Crippen LogP contribution < -0.4 is 10.6 Å². The van der Waals surface area contributed by atoms with E-state index in [-0.39, 0.29) is 24.0 Å². The Morgan fingerprint density at radius 1 is 1.00 bits per heavy atom. The fraction of sp³-hybridized carbons (Fsp3) is 0.200. The fourth-order valence-electron chi connectivity index (χ4n) is 2.72. The summed E-state index contributed by atoms with van der Waals surface area (Å²) in [4.78, 5) is 8.78. The van der Waals surface area contributed by atoms with Crippen molar-refractivity contribution in [3.63, 3.8) is 0 Å². The summed E-state index contributed by atoms with van der Waals surface area (Å²) < 4.78 is 0. The van der Waals surface area contributed by atoms with Crippen LogP contribution in [-0.4, -0.2) is 18.0 Å². The normalized spacial score (nSPS) is 11.0. The van der Waals surface area contributed by atoms with E-state index in [1.807, 2.05) is 12.3 Å². The van der Waals surface area contributed by atoms with E-state index in [2.05, 4.69) is 76.1 Å². The predicted molar refractivity (Wildman–Crippen MR) is 115 cm³/mol. The van der Waals surface area contributed by atoms with Crippen molar-refractivity contribution in [3.05, 3.63) is 77.5 Å². The Kier molecular flexibility index (Phi) is 7.18. The van der Waals surface area contributed by atoms with Gasteiger partial charge in [0.2, 0.25) is 0 Å². The molecule has 2 aromatic carbocycles. The van der Waals surface area contributed by atoms with E-state index in [0.717, 1.165) is 29.0 Å². The monoisotopic (exact) mass is 446 g/mol. The Bertz CT molecular complexity index is 856. The number of nitrogens with zero attached hydrogens (tertiary/aromatic N) is 2. The average molecular weight is 446 g/mol. The van der Waals surface area contributed by atoms with E-state index in [1.165, 1.54) is 11.1 Å². The number of nitrogens with one attached hydrogen (secondary N) is 2. The second-order valence-electron chi connectivity index (χ2n) is 5.76. The molecule has 1 aromatic heterocycles. The summed E-state index contributed by atoms with van der Waals surface area (Å²) >= 11 is 0. The molecule has 2 N–H and O–H groups in total. The highest BCUT2D eigenvalue weighted by atomic mass is 127. The number of aliphatic imine (C=N–C) groups is 1. The van der Waals surface area contributed by atoms with Crippen LogP contribution in [0.1, 0.15) is 16.7 Å². The first kappa shape index (κ1) is 19.2. The number of aryl methyl sites for hydroxylation is 1. The molecule has 0 radical (unpaired) electrons. The average Bonchev–Trinajstić information content (AvgIpc) is 2.62. The molecule has 25 heavy (non-hydrogen) atoms. The van der Waals surface area contributed by atoms with Crippen molar-refractivity contribution in [1.29, 1.82) is 0 Å². The van der Waals surface area contributed by atoms with E-state index >= 15 is 0 Å². The van der Waals surface area contributed by atoms with Gasteiger partial charge in [0, 0.05) is 31.7 Å². The Morgan fingerprint density at radius 2 is 1.76 bits per heavy atom. The summed E-state index contributed by atoms with van der Waals surface area (Å²) in [6.45, 7) is 3.53. The molecule has 0 bridgehead atoms. The van der Waals surface area contributed by atoms with Crippen LogP contribution in [-0.2, 0) is 13.1 Å². The molecule has 0 amide bonds. The molecule has 1 heterocycles. The van der Waals surface area contributed by atoms with Gasteiger partial charge in [0.25, 0.3) is 0 Å². The second kappa shape index (κ2) is 9.36. The molecule has 0 spiro atoms. The summed E-state index contributed by atoms with van der Waals surface area (Å²) in [6, 6.07) is 18.7. The predicted octanol–water partition coefficient (Wildman–Crippen LogP) is 4.03. The number of aromatic nitrogens is 1. The summed E-state index contributed by atoms with van der Waals surface area (Å²) in [5.41, 5.74) is 4.69. The van der Waals surface area contributed by atoms with Crippen LogP contribution in [0, 0.1) is 6.92 Å². The van der Waals surface area contributed by atoms with Crippen molar-refractivity contribution >= 4 is 40.8 Å². The topological polar surface area (TPSA) is 49.3 Å². The third kappa shape index (κ3) is 5.16. The van der Waals surface area contributed by atoms with Crippen molar-refractivity contribution in [3.8, 4) is 0 Å². The van der Waals surface area contributed by atoms with Gasteiger partial charge in [-0.3, -0.25) is 9.98 Å². The van der Waals surface area contributed by atoms with Gasteiger partial charge in [-0.1, -0.05) is 54.1 Å². The van der Waals surface area contributed by atoms with Gasteiger partial charge in [-0.05, 0) is 24.1 Å². The first-order valence-electron chi connectivity index (χ1n) is 8.09. The zero-order chi connectivity index (χ0) is 16.8. The van der Waals surface area contributed by atoms with E-state index in [4.69, 9.17) is 0 Å². The standard InChI is InChI=1S/C20H22N4.HI/c1-15-6-3-7-16(12-15)13-23-20(21-2)24-14-18-9-4-8-17-10-5-11-22-19(17)18;/h3-12H,13-14H2,1-2H3,(H2,21,23,24);1H. The fourth-order valence-corrected chi connectivity index (χ4v) is 2.72. The zero-order valence-corrected chi connectivity index (χ0v) is 16.8. The molecule has 0 aliphatic carbocycles. The summed E-state index contributed by atoms with van der Waals surface area (Å²) in [7, 11) is 1.78. The second-order valence-corrected chi connectivity index (χ2v) is 5.76. The highest BCUT2D eigenvalue weighted by molar-refractivity contribution is 14.0. The molecule has 3 aromatic rings. The highest BCUT2D eigenvalue weighted by Crippen LogP contribution is 2.15. The Morgan fingerprint density at radius 3 is 2.56 bits per heavy atom. The van der Waals surface area contributed by atoms with Crippen molar-refractivity contribution in [2.75, 3.05) is 7.05 Å². The molecule has 130 valence electrons. The number of hydrogen-bond acceptors (Lipinski definition) is 2. The highest BCUT2D eigenvalue weighted by Gasteiger charge is 2.03. The maximum atomic E-state index is 4.49. The van der Waals surface area contributed by atoms with E-state index < -0.39 is 0 Å². The van der Waals surface area contributed by atoms with Crippen LogP contribution in [0.25, 0.3) is 10.9 Å². The number of benzene rings is 2. The lowest BCUT2D eigenvalue weighted by Crippen LogP contribution is -2.36. The molecular weight excluding hydrogens is 423 g/mol. The molecule has 4 nitrogen and oxygen atoms in total. The van der Waals surface area contributed by atoms with Gasteiger partial charge in [0.15, 0.2) is 5.96 Å². The molecule has 0 unspecified atom stereocenters. The maximum absolute atomic E-state index is 4.49. The van der Waals surface area contributed by atoms with Gasteiger partial charge in [-0.15, -0.1) is 24.0 Å². The number of guanidine groups is 1. The quantitative estimate of drug-likeness (QED) is 0.362. The van der Waals surface area contributed by atoms with Gasteiger partial charge in [0.05, 0.1) is 5.52 Å². The Balaban J connectivity index is 0.00000225. The minimum atomic E-state index is 0. The van der Waals surface area contributed by atoms with E-state index in [0.29, 0.717) is 6.54 Å². The number of para-hydroxylation sites is 1. The first-order chi connectivity index (χ1) is 11.8. The molecule has 0 aliphatic heterocycles. The van der Waals surface area contributed by atoms with Gasteiger partial charge in [-0.2, -0.15) is 0 Å². The molecule has 0 aliphatic rings. The van der Waals surface area contributed by atoms with Crippen LogP contribution in [0.4, 0.5) is 0 Å². The van der Waals surface area contributed by atoms with Gasteiger partial charge < -0.3 is 10.6 Å². The first-order valence-corrected chi connectivity index (χ1v) is 8.09. The molecule has 0 saturated carbocycles. The van der Waals surface area contributed by atoms with Crippen molar-refractivity contribution in [1.82, 2.24) is 15.6 Å². The van der Waals surface area contributed by atoms with Crippen LogP contribution >= 0.6 is 24.0 Å². The van der Waals surface area contributed by atoms with Crippen molar-refractivity contribution in [2.45, 2.75) is 20.0 Å². The lowest BCUT2D eigenvalue weighted by atomic mass is 10.1. The number of hydrogen-bond donors (Lipinski definition) is 2. The summed E-state index contributed by atoms with van der Waals surface area (Å²) in [5.74, 6) is 0.782. The molecule has 0 atom stereocenters. The minimum Gasteiger partial charge on any atom is -0.352 e. The summed E-state index contributed by atoms with van der Waals surface area (Å²) in [5, 5.41) is 7.86. The molecule has 0 fully saturated rings. The SMILES string of the molecule is CN=C(NCc1cccc(C)c1)NCc1cccc2cccnc12.I. The third-order valence-electron chi connectivity index (χ3n) is 3.93. The number of halogens is 1. The number of pyridine rings is 1. The minimum absolute atomic E-state index is 0. The largest absolute Gasteiger partial charge is 0.352 e. The van der Waals surface area contributed by atoms with Gasteiger partial charge in [0.1, 0.15) is 0 Å². The van der Waals surface area contributed by atoms with E-state index in [9.17, 15) is 0 Å². The molecule has 3 rings (SSSR count). The lowest BCUT2D eigenvalue weighted by Gasteiger charge is -2.13. The number of rotatable bonds is 4. The molecule has 0 saturated heterocycles. The van der Waals surface area contributed by atoms with Crippen LogP contribution in [0.3, 0.4) is 0 Å². The Labute approximate surface area is 165 Å². The Hall–Kier alpha value is -2.15. The van der Waals surface area contributed by atoms with Crippen LogP contribution in [0.2, 0.25) is 0 Å².